The second kappa shape index (κ2) is 7.27. The van der Waals surface area contributed by atoms with Gasteiger partial charge >= 0.3 is 0 Å². The third-order valence-corrected chi connectivity index (χ3v) is 7.78. The molecule has 5 nitrogen and oxygen atoms in total. The Morgan fingerprint density at radius 2 is 1.90 bits per heavy atom. The number of hydrogen-bond donors (Lipinski definition) is 0. The average Bonchev–Trinajstić information content (AvgIpc) is 2.93. The molecule has 0 N–H and O–H groups in total. The van der Waals surface area contributed by atoms with E-state index in [1.54, 1.807) is 0 Å². The van der Waals surface area contributed by atoms with Gasteiger partial charge in [0.2, 0.25) is 12.1 Å². The summed E-state index contributed by atoms with van der Waals surface area (Å²) >= 11 is 5.56. The molecule has 1 aliphatic carbocycles. The lowest BCUT2D eigenvalue weighted by Gasteiger charge is -2.60. The van der Waals surface area contributed by atoms with Gasteiger partial charge in [-0.25, -0.2) is 9.78 Å². The third kappa shape index (κ3) is 3.24. The minimum Gasteiger partial charge on any atom is -0.458 e. The van der Waals surface area contributed by atoms with E-state index in [2.05, 4.69) is 26.0 Å². The van der Waals surface area contributed by atoms with Crippen LogP contribution in [-0.4, -0.2) is 29.0 Å². The van der Waals surface area contributed by atoms with Crippen molar-refractivity contribution in [2.45, 2.75) is 76.8 Å². The molecule has 0 radical (unpaired) electrons. The fourth-order valence-corrected chi connectivity index (χ4v) is 6.20. The smallest absolute Gasteiger partial charge is 0.206 e. The second-order valence-electron chi connectivity index (χ2n) is 9.43. The van der Waals surface area contributed by atoms with E-state index in [9.17, 15) is 0 Å². The first-order valence-corrected chi connectivity index (χ1v) is 11.3. The van der Waals surface area contributed by atoms with Crippen LogP contribution in [-0.2, 0) is 30.4 Å². The number of benzene rings is 1. The van der Waals surface area contributed by atoms with E-state index in [1.165, 1.54) is 6.42 Å². The molecule has 0 amide bonds. The van der Waals surface area contributed by atoms with Crippen LogP contribution in [0.5, 0.6) is 0 Å². The zero-order valence-electron chi connectivity index (χ0n) is 17.3. The standard InChI is InChI=1S/C23H30O5S/c1-14-9-10-18-15(2)20(24-19(29)13-16-7-5-4-6-8-16)25-21-23(18)17(14)11-12-22(3,26-21)27-28-23/h4-8,14-15,17-18,20-21H,9-13H2,1-3H3/t14-,15-,17?,18?,20+,21-,22+,23-/m1/s1. The zero-order valence-corrected chi connectivity index (χ0v) is 18.2. The molecule has 4 aliphatic heterocycles. The SMILES string of the molecule is C[C@@H]1CCC2[C@@H](C)[C@@H](OC(=S)Cc3ccccc3)O[C@@H]3O[C@]4(C)CCC1[C@@]23OO4. The summed E-state index contributed by atoms with van der Waals surface area (Å²) < 4.78 is 19.0. The molecule has 5 aliphatic rings. The summed E-state index contributed by atoms with van der Waals surface area (Å²) in [6.45, 7) is 6.44. The van der Waals surface area contributed by atoms with Crippen LogP contribution in [0.15, 0.2) is 30.3 Å². The van der Waals surface area contributed by atoms with Crippen LogP contribution in [0.3, 0.4) is 0 Å². The van der Waals surface area contributed by atoms with Crippen LogP contribution in [0.1, 0.15) is 52.0 Å². The summed E-state index contributed by atoms with van der Waals surface area (Å²) in [5, 5.41) is 0.548. The van der Waals surface area contributed by atoms with Gasteiger partial charge in [0.05, 0.1) is 0 Å². The van der Waals surface area contributed by atoms with Crippen molar-refractivity contribution in [1.82, 2.24) is 0 Å². The number of ether oxygens (including phenoxy) is 3. The molecule has 4 saturated heterocycles. The van der Waals surface area contributed by atoms with Gasteiger partial charge in [0.1, 0.15) is 0 Å². The Morgan fingerprint density at radius 1 is 1.10 bits per heavy atom. The molecule has 1 spiro atoms. The number of fused-ring (bicyclic) bond motifs is 2. The van der Waals surface area contributed by atoms with E-state index in [1.807, 2.05) is 25.1 Å². The zero-order chi connectivity index (χ0) is 20.2. The molecular formula is C23H30O5S. The van der Waals surface area contributed by atoms with Gasteiger partial charge in [0.25, 0.3) is 0 Å². The average molecular weight is 419 g/mol. The van der Waals surface area contributed by atoms with E-state index in [4.69, 9.17) is 36.2 Å². The maximum Gasteiger partial charge on any atom is 0.206 e. The molecular weight excluding hydrogens is 388 g/mol. The van der Waals surface area contributed by atoms with Crippen LogP contribution >= 0.6 is 12.2 Å². The highest BCUT2D eigenvalue weighted by molar-refractivity contribution is 7.80. The molecule has 4 heterocycles. The number of rotatable bonds is 3. The predicted octanol–water partition coefficient (Wildman–Crippen LogP) is 4.78. The Hall–Kier alpha value is -1.05. The lowest BCUT2D eigenvalue weighted by molar-refractivity contribution is -0.576. The molecule has 1 aromatic carbocycles. The van der Waals surface area contributed by atoms with Crippen molar-refractivity contribution in [3.63, 3.8) is 0 Å². The van der Waals surface area contributed by atoms with Crippen LogP contribution in [0.2, 0.25) is 0 Å². The molecule has 158 valence electrons. The molecule has 5 fully saturated rings. The highest BCUT2D eigenvalue weighted by Crippen LogP contribution is 2.60. The first kappa shape index (κ1) is 19.9. The van der Waals surface area contributed by atoms with Crippen LogP contribution in [0.25, 0.3) is 0 Å². The highest BCUT2D eigenvalue weighted by Gasteiger charge is 2.69. The van der Waals surface area contributed by atoms with Gasteiger partial charge in [-0.1, -0.05) is 44.2 Å². The van der Waals surface area contributed by atoms with E-state index in [0.717, 1.165) is 24.8 Å². The minimum absolute atomic E-state index is 0.129. The van der Waals surface area contributed by atoms with Gasteiger partial charge in [-0.3, -0.25) is 0 Å². The van der Waals surface area contributed by atoms with Gasteiger partial charge in [0, 0.05) is 24.7 Å². The normalized spacial score (nSPS) is 45.9. The lowest BCUT2D eigenvalue weighted by atomic mass is 9.58. The first-order valence-electron chi connectivity index (χ1n) is 10.8. The Balaban J connectivity index is 1.39. The molecule has 0 aromatic heterocycles. The molecule has 2 unspecified atom stereocenters. The van der Waals surface area contributed by atoms with E-state index in [-0.39, 0.29) is 11.8 Å². The van der Waals surface area contributed by atoms with Gasteiger partial charge in [-0.15, -0.1) is 0 Å². The predicted molar refractivity (Wildman–Crippen MR) is 111 cm³/mol. The molecule has 1 aromatic rings. The van der Waals surface area contributed by atoms with Crippen molar-refractivity contribution in [2.24, 2.45) is 23.7 Å². The maximum absolute atomic E-state index is 6.43. The molecule has 6 rings (SSSR count). The second-order valence-corrected chi connectivity index (χ2v) is 9.88. The van der Waals surface area contributed by atoms with Gasteiger partial charge in [-0.05, 0) is 55.8 Å². The molecule has 2 bridgehead atoms. The molecule has 29 heavy (non-hydrogen) atoms. The summed E-state index contributed by atoms with van der Waals surface area (Å²) in [7, 11) is 0. The molecule has 1 saturated carbocycles. The fraction of sp³-hybridized carbons (Fsp3) is 0.696. The summed E-state index contributed by atoms with van der Waals surface area (Å²) in [5.41, 5.74) is 0.576. The van der Waals surface area contributed by atoms with Crippen molar-refractivity contribution in [3.8, 4) is 0 Å². The Bertz CT molecular complexity index is 772. The largest absolute Gasteiger partial charge is 0.458 e. The van der Waals surface area contributed by atoms with Crippen LogP contribution < -0.4 is 0 Å². The Labute approximate surface area is 177 Å². The topological polar surface area (TPSA) is 46.2 Å². The first-order chi connectivity index (χ1) is 13.9. The quantitative estimate of drug-likeness (QED) is 0.520. The Kier molecular flexibility index (Phi) is 4.99. The van der Waals surface area contributed by atoms with Crippen molar-refractivity contribution >= 4 is 17.3 Å². The van der Waals surface area contributed by atoms with E-state index in [0.29, 0.717) is 23.3 Å². The van der Waals surface area contributed by atoms with Crippen LogP contribution in [0, 0.1) is 23.7 Å². The van der Waals surface area contributed by atoms with Gasteiger partial charge < -0.3 is 14.2 Å². The number of thiocarbonyl (C=S) groups is 1. The van der Waals surface area contributed by atoms with Gasteiger partial charge in [-0.2, -0.15) is 0 Å². The summed E-state index contributed by atoms with van der Waals surface area (Å²) in [6, 6.07) is 10.1. The maximum atomic E-state index is 6.43. The lowest BCUT2D eigenvalue weighted by Crippen LogP contribution is -2.70. The summed E-state index contributed by atoms with van der Waals surface area (Å²) in [6.07, 6.45) is 3.72. The van der Waals surface area contributed by atoms with Gasteiger partial charge in [0.15, 0.2) is 16.9 Å². The van der Waals surface area contributed by atoms with Crippen molar-refractivity contribution in [3.05, 3.63) is 35.9 Å². The number of hydrogen-bond acceptors (Lipinski definition) is 6. The highest BCUT2D eigenvalue weighted by atomic mass is 32.1. The van der Waals surface area contributed by atoms with Crippen molar-refractivity contribution in [1.29, 1.82) is 0 Å². The van der Waals surface area contributed by atoms with Crippen molar-refractivity contribution in [2.75, 3.05) is 0 Å². The van der Waals surface area contributed by atoms with E-state index >= 15 is 0 Å². The minimum atomic E-state index is -0.771. The van der Waals surface area contributed by atoms with Crippen LogP contribution in [0.4, 0.5) is 0 Å². The van der Waals surface area contributed by atoms with Crippen molar-refractivity contribution < 1.29 is 24.0 Å². The van der Waals surface area contributed by atoms with E-state index < -0.39 is 24.0 Å². The third-order valence-electron chi connectivity index (χ3n) is 7.54. The monoisotopic (exact) mass is 418 g/mol. The molecule has 6 heteroatoms. The summed E-state index contributed by atoms with van der Waals surface area (Å²) in [4.78, 5) is 12.0. The molecule has 8 atom stereocenters. The Morgan fingerprint density at radius 3 is 2.69 bits per heavy atom. The summed E-state index contributed by atoms with van der Waals surface area (Å²) in [5.74, 6) is 0.510. The fourth-order valence-electron chi connectivity index (χ4n) is 5.94.